The highest BCUT2D eigenvalue weighted by atomic mass is 32.2. The fourth-order valence-corrected chi connectivity index (χ4v) is 4.17. The second-order valence-corrected chi connectivity index (χ2v) is 7.69. The van der Waals surface area contributed by atoms with Crippen molar-refractivity contribution in [2.45, 2.75) is 25.7 Å². The monoisotopic (exact) mass is 343 g/mol. The third-order valence-corrected chi connectivity index (χ3v) is 5.81. The largest absolute Gasteiger partial charge is 0.269 e. The van der Waals surface area contributed by atoms with Crippen LogP contribution in [0.4, 0.5) is 0 Å². The van der Waals surface area contributed by atoms with Gasteiger partial charge in [0, 0.05) is 13.1 Å². The fraction of sp³-hybridized carbons (Fsp3) is 0.211. The number of carbonyl (C=O) groups is 1. The molecule has 0 aliphatic heterocycles. The van der Waals surface area contributed by atoms with Crippen molar-refractivity contribution in [2.24, 2.45) is 0 Å². The molecule has 5 heteroatoms. The summed E-state index contributed by atoms with van der Waals surface area (Å²) in [6.07, 6.45) is 2.87. The Balaban J connectivity index is 2.33. The molecule has 4 nitrogen and oxygen atoms in total. The van der Waals surface area contributed by atoms with E-state index in [1.165, 1.54) is 13.1 Å². The van der Waals surface area contributed by atoms with Gasteiger partial charge in [-0.25, -0.2) is 12.7 Å². The third kappa shape index (κ3) is 3.74. The summed E-state index contributed by atoms with van der Waals surface area (Å²) in [5.74, 6) is -0.585. The lowest BCUT2D eigenvalue weighted by Gasteiger charge is -2.19. The summed E-state index contributed by atoms with van der Waals surface area (Å²) in [6.45, 7) is 5.39. The van der Waals surface area contributed by atoms with Crippen LogP contribution < -0.4 is 0 Å². The van der Waals surface area contributed by atoms with Crippen molar-refractivity contribution < 1.29 is 13.2 Å². The van der Waals surface area contributed by atoms with Gasteiger partial charge < -0.3 is 0 Å². The van der Waals surface area contributed by atoms with Crippen molar-refractivity contribution in [3.8, 4) is 0 Å². The highest BCUT2D eigenvalue weighted by Crippen LogP contribution is 2.24. The Bertz CT molecular complexity index is 861. The first-order chi connectivity index (χ1) is 11.2. The standard InChI is InChI=1S/C19H21NO3S/c1-14-12-15(2)19(16(3)13-14)24(22,23)20(4)18(21)11-10-17-8-6-5-7-9-17/h5-13H,1-4H3/b11-10+. The topological polar surface area (TPSA) is 54.5 Å². The van der Waals surface area contributed by atoms with Crippen LogP contribution in [0.3, 0.4) is 0 Å². The molecule has 2 aromatic rings. The number of sulfonamides is 1. The Morgan fingerprint density at radius 3 is 2.08 bits per heavy atom. The van der Waals surface area contributed by atoms with Crippen LogP contribution in [0.15, 0.2) is 53.4 Å². The van der Waals surface area contributed by atoms with E-state index in [0.717, 1.165) is 15.4 Å². The lowest BCUT2D eigenvalue weighted by atomic mass is 10.1. The minimum atomic E-state index is -3.89. The first-order valence-electron chi connectivity index (χ1n) is 7.57. The van der Waals surface area contributed by atoms with Gasteiger partial charge in [0.05, 0.1) is 4.90 Å². The zero-order chi connectivity index (χ0) is 17.9. The average molecular weight is 343 g/mol. The number of benzene rings is 2. The summed E-state index contributed by atoms with van der Waals surface area (Å²) < 4.78 is 26.4. The van der Waals surface area contributed by atoms with Crippen molar-refractivity contribution >= 4 is 22.0 Å². The number of aryl methyl sites for hydroxylation is 3. The normalized spacial score (nSPS) is 11.7. The van der Waals surface area contributed by atoms with E-state index in [9.17, 15) is 13.2 Å². The van der Waals surface area contributed by atoms with E-state index in [0.29, 0.717) is 11.1 Å². The van der Waals surface area contributed by atoms with Crippen LogP contribution in [0, 0.1) is 20.8 Å². The maximum absolute atomic E-state index is 12.8. The second-order valence-electron chi connectivity index (χ2n) is 5.78. The van der Waals surface area contributed by atoms with E-state index in [2.05, 4.69) is 0 Å². The molecule has 0 saturated carbocycles. The Morgan fingerprint density at radius 2 is 1.54 bits per heavy atom. The van der Waals surface area contributed by atoms with Crippen molar-refractivity contribution in [1.82, 2.24) is 4.31 Å². The van der Waals surface area contributed by atoms with Gasteiger partial charge in [-0.3, -0.25) is 4.79 Å². The summed E-state index contributed by atoms with van der Waals surface area (Å²) >= 11 is 0. The molecular formula is C19H21NO3S. The molecule has 0 unspecified atom stereocenters. The van der Waals surface area contributed by atoms with Gasteiger partial charge in [0.25, 0.3) is 15.9 Å². The quantitative estimate of drug-likeness (QED) is 0.799. The Hall–Kier alpha value is -2.40. The van der Waals surface area contributed by atoms with Crippen molar-refractivity contribution in [3.05, 3.63) is 70.8 Å². The highest BCUT2D eigenvalue weighted by Gasteiger charge is 2.27. The van der Waals surface area contributed by atoms with Gasteiger partial charge in [-0.2, -0.15) is 0 Å². The molecule has 0 aliphatic carbocycles. The first kappa shape index (κ1) is 17.9. The molecule has 0 N–H and O–H groups in total. The second kappa shape index (κ2) is 7.01. The van der Waals surface area contributed by atoms with Gasteiger partial charge in [-0.1, -0.05) is 48.0 Å². The van der Waals surface area contributed by atoms with Crippen molar-refractivity contribution in [1.29, 1.82) is 0 Å². The van der Waals surface area contributed by atoms with E-state index in [-0.39, 0.29) is 4.90 Å². The molecule has 0 aliphatic rings. The third-order valence-electron chi connectivity index (χ3n) is 3.75. The van der Waals surface area contributed by atoms with Gasteiger partial charge in [0.2, 0.25) is 0 Å². The van der Waals surface area contributed by atoms with Crippen LogP contribution in [0.5, 0.6) is 0 Å². The molecular weight excluding hydrogens is 322 g/mol. The summed E-state index contributed by atoms with van der Waals surface area (Å²) in [4.78, 5) is 12.5. The Morgan fingerprint density at radius 1 is 1.00 bits per heavy atom. The van der Waals surface area contributed by atoms with E-state index < -0.39 is 15.9 Å². The minimum absolute atomic E-state index is 0.192. The van der Waals surface area contributed by atoms with Gasteiger partial charge in [-0.05, 0) is 43.5 Å². The van der Waals surface area contributed by atoms with E-state index >= 15 is 0 Å². The van der Waals surface area contributed by atoms with E-state index in [1.807, 2.05) is 37.3 Å². The van der Waals surface area contributed by atoms with Gasteiger partial charge in [0.1, 0.15) is 0 Å². The summed E-state index contributed by atoms with van der Waals surface area (Å²) in [5.41, 5.74) is 3.10. The maximum Gasteiger partial charge on any atom is 0.267 e. The zero-order valence-electron chi connectivity index (χ0n) is 14.3. The van der Waals surface area contributed by atoms with E-state index in [4.69, 9.17) is 0 Å². The lowest BCUT2D eigenvalue weighted by Crippen LogP contribution is -2.32. The number of hydrogen-bond donors (Lipinski definition) is 0. The zero-order valence-corrected chi connectivity index (χ0v) is 15.1. The molecule has 0 atom stereocenters. The number of amides is 1. The summed E-state index contributed by atoms with van der Waals surface area (Å²) in [5, 5.41) is 0. The maximum atomic E-state index is 12.8. The van der Waals surface area contributed by atoms with Gasteiger partial charge in [-0.15, -0.1) is 0 Å². The number of nitrogens with zero attached hydrogens (tertiary/aromatic N) is 1. The molecule has 0 fully saturated rings. The Labute approximate surface area is 143 Å². The molecule has 0 heterocycles. The molecule has 24 heavy (non-hydrogen) atoms. The number of rotatable bonds is 4. The van der Waals surface area contributed by atoms with E-state index in [1.54, 1.807) is 32.1 Å². The van der Waals surface area contributed by atoms with Crippen molar-refractivity contribution in [3.63, 3.8) is 0 Å². The summed E-state index contributed by atoms with van der Waals surface area (Å²) in [7, 11) is -2.60. The Kier molecular flexibility index (Phi) is 5.24. The smallest absolute Gasteiger partial charge is 0.267 e. The van der Waals surface area contributed by atoms with Crippen LogP contribution in [0.2, 0.25) is 0 Å². The van der Waals surface area contributed by atoms with Crippen LogP contribution in [0.25, 0.3) is 6.08 Å². The molecule has 0 bridgehead atoms. The molecule has 0 spiro atoms. The first-order valence-corrected chi connectivity index (χ1v) is 9.01. The molecule has 0 aromatic heterocycles. The molecule has 126 valence electrons. The van der Waals surface area contributed by atoms with Gasteiger partial charge >= 0.3 is 0 Å². The minimum Gasteiger partial charge on any atom is -0.269 e. The van der Waals surface area contributed by atoms with Gasteiger partial charge in [0.15, 0.2) is 0 Å². The fourth-order valence-electron chi connectivity index (χ4n) is 2.67. The predicted octanol–water partition coefficient (Wildman–Crippen LogP) is 3.47. The molecule has 2 aromatic carbocycles. The molecule has 2 rings (SSSR count). The number of likely N-dealkylation sites (N-methyl/N-ethyl adjacent to an activating group) is 1. The number of hydrogen-bond acceptors (Lipinski definition) is 3. The van der Waals surface area contributed by atoms with Crippen LogP contribution in [-0.4, -0.2) is 25.7 Å². The molecule has 0 saturated heterocycles. The van der Waals surface area contributed by atoms with Crippen LogP contribution in [-0.2, 0) is 14.8 Å². The number of carbonyl (C=O) groups excluding carboxylic acids is 1. The van der Waals surface area contributed by atoms with Crippen molar-refractivity contribution in [2.75, 3.05) is 7.05 Å². The molecule has 1 amide bonds. The summed E-state index contributed by atoms with van der Waals surface area (Å²) in [6, 6.07) is 12.9. The lowest BCUT2D eigenvalue weighted by molar-refractivity contribution is -0.120. The predicted molar refractivity (Wildman–Crippen MR) is 96.1 cm³/mol. The molecule has 0 radical (unpaired) electrons. The van der Waals surface area contributed by atoms with Crippen LogP contribution >= 0.6 is 0 Å². The van der Waals surface area contributed by atoms with Crippen LogP contribution in [0.1, 0.15) is 22.3 Å². The highest BCUT2D eigenvalue weighted by molar-refractivity contribution is 7.89. The average Bonchev–Trinajstić information content (AvgIpc) is 2.51. The SMILES string of the molecule is Cc1cc(C)c(S(=O)(=O)N(C)C(=O)/C=C/c2ccccc2)c(C)c1.